The number of nitrogens with zero attached hydrogens (tertiary/aromatic N) is 1. The van der Waals surface area contributed by atoms with E-state index in [1.165, 1.54) is 12.5 Å². The third kappa shape index (κ3) is 3.78. The molecule has 0 unspecified atom stereocenters. The molecule has 1 aliphatic rings. The van der Waals surface area contributed by atoms with Crippen LogP contribution in [0.1, 0.15) is 18.5 Å². The molecule has 2 heterocycles. The Labute approximate surface area is 116 Å². The number of imidazole rings is 1. The van der Waals surface area contributed by atoms with Crippen molar-refractivity contribution in [3.8, 4) is 0 Å². The molecule has 8 nitrogen and oxygen atoms in total. The Morgan fingerprint density at radius 1 is 1.55 bits per heavy atom. The lowest BCUT2D eigenvalue weighted by atomic mass is 10.2. The minimum atomic E-state index is -3.68. The van der Waals surface area contributed by atoms with Crippen LogP contribution in [0.5, 0.6) is 0 Å². The molecule has 112 valence electrons. The van der Waals surface area contributed by atoms with Crippen LogP contribution in [0.2, 0.25) is 0 Å². The smallest absolute Gasteiger partial charge is 0.322 e. The van der Waals surface area contributed by atoms with E-state index in [0.29, 0.717) is 31.7 Å². The van der Waals surface area contributed by atoms with Crippen LogP contribution in [0.15, 0.2) is 12.5 Å². The van der Waals surface area contributed by atoms with E-state index in [9.17, 15) is 13.2 Å². The lowest BCUT2D eigenvalue weighted by Gasteiger charge is -2.24. The molecule has 1 saturated heterocycles. The number of H-pyrrole nitrogens is 1. The first-order valence-corrected chi connectivity index (χ1v) is 7.82. The Kier molecular flexibility index (Phi) is 4.73. The molecule has 1 fully saturated rings. The van der Waals surface area contributed by atoms with Crippen molar-refractivity contribution in [3.63, 3.8) is 0 Å². The molecular weight excluding hydrogens is 286 g/mol. The number of hydrogen-bond acceptors (Lipinski definition) is 5. The molecule has 0 aliphatic carbocycles. The van der Waals surface area contributed by atoms with Crippen LogP contribution in [0.25, 0.3) is 0 Å². The Morgan fingerprint density at radius 2 is 2.25 bits per heavy atom. The predicted molar refractivity (Wildman–Crippen MR) is 69.6 cm³/mol. The number of nitrogens with one attached hydrogen (secondary N) is 2. The zero-order chi connectivity index (χ0) is 14.6. The van der Waals surface area contributed by atoms with E-state index in [1.54, 1.807) is 0 Å². The van der Waals surface area contributed by atoms with Crippen LogP contribution < -0.4 is 4.72 Å². The van der Waals surface area contributed by atoms with Gasteiger partial charge in [0.15, 0.2) is 0 Å². The standard InChI is InChI=1S/C11H17N3O5S/c15-11(16)10(5-8-6-12-7-13-8)14-20(17,18)9-1-3-19-4-2-9/h6-7,9-10,14H,1-5H2,(H,12,13)(H,15,16)/t10-/m0/s1. The fourth-order valence-corrected chi connectivity index (χ4v) is 3.66. The molecule has 1 atom stereocenters. The van der Waals surface area contributed by atoms with Crippen molar-refractivity contribution in [1.82, 2.24) is 14.7 Å². The average Bonchev–Trinajstić information content (AvgIpc) is 2.91. The van der Waals surface area contributed by atoms with Crippen molar-refractivity contribution in [2.75, 3.05) is 13.2 Å². The molecule has 1 aromatic rings. The van der Waals surface area contributed by atoms with Gasteiger partial charge in [-0.3, -0.25) is 4.79 Å². The van der Waals surface area contributed by atoms with Gasteiger partial charge >= 0.3 is 5.97 Å². The van der Waals surface area contributed by atoms with E-state index < -0.39 is 27.3 Å². The number of rotatable bonds is 6. The molecule has 1 aliphatic heterocycles. The number of sulfonamides is 1. The Bertz CT molecular complexity index is 536. The number of carboxylic acid groups (broad SMARTS) is 1. The SMILES string of the molecule is O=C(O)[C@H](Cc1cnc[nH]1)NS(=O)(=O)C1CCOCC1. The van der Waals surface area contributed by atoms with Crippen LogP contribution in [-0.2, 0) is 26.0 Å². The first-order chi connectivity index (χ1) is 9.49. The lowest BCUT2D eigenvalue weighted by molar-refractivity contribution is -0.138. The first kappa shape index (κ1) is 14.9. The summed E-state index contributed by atoms with van der Waals surface area (Å²) in [6.07, 6.45) is 3.68. The molecule has 20 heavy (non-hydrogen) atoms. The zero-order valence-corrected chi connectivity index (χ0v) is 11.6. The highest BCUT2D eigenvalue weighted by molar-refractivity contribution is 7.90. The van der Waals surface area contributed by atoms with Crippen molar-refractivity contribution in [3.05, 3.63) is 18.2 Å². The Hall–Kier alpha value is -1.45. The molecule has 0 saturated carbocycles. The second-order valence-electron chi connectivity index (χ2n) is 4.65. The third-order valence-electron chi connectivity index (χ3n) is 3.19. The number of ether oxygens (including phenoxy) is 1. The fourth-order valence-electron chi connectivity index (χ4n) is 2.08. The second kappa shape index (κ2) is 6.33. The van der Waals surface area contributed by atoms with E-state index >= 15 is 0 Å². The molecule has 0 bridgehead atoms. The van der Waals surface area contributed by atoms with Gasteiger partial charge in [0, 0.05) is 31.5 Å². The van der Waals surface area contributed by atoms with Gasteiger partial charge < -0.3 is 14.8 Å². The molecular formula is C11H17N3O5S. The molecule has 3 N–H and O–H groups in total. The van der Waals surface area contributed by atoms with Crippen molar-refractivity contribution in [2.45, 2.75) is 30.6 Å². The van der Waals surface area contributed by atoms with Crippen LogP contribution in [0.4, 0.5) is 0 Å². The average molecular weight is 303 g/mol. The van der Waals surface area contributed by atoms with Gasteiger partial charge in [-0.15, -0.1) is 0 Å². The highest BCUT2D eigenvalue weighted by Gasteiger charge is 2.32. The van der Waals surface area contributed by atoms with Crippen LogP contribution in [0, 0.1) is 0 Å². The number of carbonyl (C=O) groups is 1. The van der Waals surface area contributed by atoms with Gasteiger partial charge in [-0.2, -0.15) is 0 Å². The highest BCUT2D eigenvalue weighted by atomic mass is 32.2. The van der Waals surface area contributed by atoms with Crippen molar-refractivity contribution in [2.24, 2.45) is 0 Å². The van der Waals surface area contributed by atoms with E-state index in [1.807, 2.05) is 0 Å². The highest BCUT2D eigenvalue weighted by Crippen LogP contribution is 2.15. The summed E-state index contributed by atoms with van der Waals surface area (Å²) in [5, 5.41) is 8.55. The molecule has 9 heteroatoms. The molecule has 0 aromatic carbocycles. The lowest BCUT2D eigenvalue weighted by Crippen LogP contribution is -2.47. The van der Waals surface area contributed by atoms with Crippen molar-refractivity contribution < 1.29 is 23.1 Å². The summed E-state index contributed by atoms with van der Waals surface area (Å²) in [5.74, 6) is -1.21. The summed E-state index contributed by atoms with van der Waals surface area (Å²) in [6, 6.07) is -1.21. The van der Waals surface area contributed by atoms with Crippen molar-refractivity contribution in [1.29, 1.82) is 0 Å². The maximum atomic E-state index is 12.2. The molecule has 0 radical (unpaired) electrons. The number of carboxylic acids is 1. The summed E-state index contributed by atoms with van der Waals surface area (Å²) in [5.41, 5.74) is 0.562. The second-order valence-corrected chi connectivity index (χ2v) is 6.64. The van der Waals surface area contributed by atoms with Crippen LogP contribution in [0.3, 0.4) is 0 Å². The monoisotopic (exact) mass is 303 g/mol. The first-order valence-electron chi connectivity index (χ1n) is 6.28. The van der Waals surface area contributed by atoms with E-state index in [4.69, 9.17) is 9.84 Å². The summed E-state index contributed by atoms with van der Waals surface area (Å²) < 4.78 is 31.7. The number of aliphatic carboxylic acids is 1. The largest absolute Gasteiger partial charge is 0.480 e. The number of aromatic nitrogens is 2. The summed E-state index contributed by atoms with van der Waals surface area (Å²) in [6.45, 7) is 0.758. The molecule has 2 rings (SSSR count). The van der Waals surface area contributed by atoms with E-state index in [-0.39, 0.29) is 6.42 Å². The van der Waals surface area contributed by atoms with Gasteiger partial charge in [0.25, 0.3) is 0 Å². The zero-order valence-electron chi connectivity index (χ0n) is 10.8. The molecule has 1 aromatic heterocycles. The topological polar surface area (TPSA) is 121 Å². The normalized spacial score (nSPS) is 18.8. The summed E-state index contributed by atoms with van der Waals surface area (Å²) in [7, 11) is -3.68. The molecule has 0 spiro atoms. The van der Waals surface area contributed by atoms with Gasteiger partial charge in [-0.05, 0) is 12.8 Å². The van der Waals surface area contributed by atoms with E-state index in [0.717, 1.165) is 0 Å². The summed E-state index contributed by atoms with van der Waals surface area (Å²) in [4.78, 5) is 17.7. The maximum absolute atomic E-state index is 12.2. The van der Waals surface area contributed by atoms with Gasteiger partial charge in [0.05, 0.1) is 11.6 Å². The maximum Gasteiger partial charge on any atom is 0.322 e. The predicted octanol–water partition coefficient (Wildman–Crippen LogP) is -0.496. The van der Waals surface area contributed by atoms with Crippen molar-refractivity contribution >= 4 is 16.0 Å². The number of hydrogen-bond donors (Lipinski definition) is 3. The van der Waals surface area contributed by atoms with Crippen LogP contribution in [-0.4, -0.2) is 54.0 Å². The Morgan fingerprint density at radius 3 is 2.80 bits per heavy atom. The van der Waals surface area contributed by atoms with Gasteiger partial charge in [0.2, 0.25) is 10.0 Å². The van der Waals surface area contributed by atoms with Crippen LogP contribution >= 0.6 is 0 Å². The fraction of sp³-hybridized carbons (Fsp3) is 0.636. The third-order valence-corrected chi connectivity index (χ3v) is 5.15. The Balaban J connectivity index is 2.05. The van der Waals surface area contributed by atoms with Gasteiger partial charge in [-0.25, -0.2) is 18.1 Å². The summed E-state index contributed by atoms with van der Waals surface area (Å²) >= 11 is 0. The van der Waals surface area contributed by atoms with Gasteiger partial charge in [0.1, 0.15) is 6.04 Å². The van der Waals surface area contributed by atoms with Gasteiger partial charge in [-0.1, -0.05) is 0 Å². The minimum Gasteiger partial charge on any atom is -0.480 e. The number of aromatic amines is 1. The minimum absolute atomic E-state index is 0.0256. The quantitative estimate of drug-likeness (QED) is 0.651. The molecule has 0 amide bonds. The van der Waals surface area contributed by atoms with E-state index in [2.05, 4.69) is 14.7 Å².